The van der Waals surface area contributed by atoms with E-state index in [4.69, 9.17) is 5.26 Å². The number of amides is 1. The zero-order valence-electron chi connectivity index (χ0n) is 10.6. The molecule has 0 bridgehead atoms. The smallest absolute Gasteiger partial charge is 0.269 e. The normalized spacial score (nSPS) is 9.80. The van der Waals surface area contributed by atoms with Crippen molar-refractivity contribution in [2.45, 2.75) is 6.42 Å². The highest BCUT2D eigenvalue weighted by atomic mass is 79.9. The number of nitrogens with zero attached hydrogens (tertiary/aromatic N) is 2. The van der Waals surface area contributed by atoms with Gasteiger partial charge in [0.15, 0.2) is 0 Å². The highest BCUT2D eigenvalue weighted by molar-refractivity contribution is 9.10. The Morgan fingerprint density at radius 3 is 2.80 bits per heavy atom. The van der Waals surface area contributed by atoms with Crippen LogP contribution in [0.2, 0.25) is 0 Å². The van der Waals surface area contributed by atoms with E-state index in [1.54, 1.807) is 18.2 Å². The maximum atomic E-state index is 11.9. The largest absolute Gasteiger partial charge is 0.350 e. The molecule has 20 heavy (non-hydrogen) atoms. The van der Waals surface area contributed by atoms with Crippen LogP contribution in [0.3, 0.4) is 0 Å². The molecule has 2 aromatic rings. The van der Waals surface area contributed by atoms with Crippen molar-refractivity contribution in [1.29, 1.82) is 5.26 Å². The Labute approximate surface area is 125 Å². The minimum Gasteiger partial charge on any atom is -0.350 e. The highest BCUT2D eigenvalue weighted by Gasteiger charge is 2.07. The minimum absolute atomic E-state index is 0.239. The van der Waals surface area contributed by atoms with E-state index in [2.05, 4.69) is 26.2 Å². The molecule has 5 heteroatoms. The Morgan fingerprint density at radius 1 is 1.25 bits per heavy atom. The van der Waals surface area contributed by atoms with E-state index in [1.165, 1.54) is 0 Å². The van der Waals surface area contributed by atoms with Crippen LogP contribution in [0.1, 0.15) is 21.7 Å². The van der Waals surface area contributed by atoms with Crippen LogP contribution in [0.5, 0.6) is 0 Å². The SMILES string of the molecule is N#Cc1cccc(C(=O)NCCc2ccccc2Br)n1. The number of nitriles is 1. The van der Waals surface area contributed by atoms with E-state index in [0.717, 1.165) is 16.5 Å². The van der Waals surface area contributed by atoms with Crippen LogP contribution < -0.4 is 5.32 Å². The fourth-order valence-electron chi connectivity index (χ4n) is 1.73. The molecule has 0 spiro atoms. The van der Waals surface area contributed by atoms with Gasteiger partial charge in [-0.2, -0.15) is 5.26 Å². The van der Waals surface area contributed by atoms with E-state index in [-0.39, 0.29) is 17.3 Å². The number of nitrogens with one attached hydrogen (secondary N) is 1. The molecule has 1 heterocycles. The molecular weight excluding hydrogens is 318 g/mol. The van der Waals surface area contributed by atoms with Gasteiger partial charge in [-0.05, 0) is 30.2 Å². The molecule has 0 aliphatic rings. The van der Waals surface area contributed by atoms with E-state index in [0.29, 0.717) is 6.54 Å². The summed E-state index contributed by atoms with van der Waals surface area (Å²) in [5, 5.41) is 11.5. The fraction of sp³-hybridized carbons (Fsp3) is 0.133. The van der Waals surface area contributed by atoms with E-state index < -0.39 is 0 Å². The summed E-state index contributed by atoms with van der Waals surface area (Å²) in [4.78, 5) is 15.8. The lowest BCUT2D eigenvalue weighted by Crippen LogP contribution is -2.26. The quantitative estimate of drug-likeness (QED) is 0.937. The first-order chi connectivity index (χ1) is 9.70. The summed E-state index contributed by atoms with van der Waals surface area (Å²) in [5.41, 5.74) is 1.63. The number of hydrogen-bond donors (Lipinski definition) is 1. The van der Waals surface area contributed by atoms with Gasteiger partial charge >= 0.3 is 0 Å². The second kappa shape index (κ2) is 6.83. The third-order valence-corrected chi connectivity index (χ3v) is 3.51. The van der Waals surface area contributed by atoms with Crippen molar-refractivity contribution in [2.75, 3.05) is 6.54 Å². The lowest BCUT2D eigenvalue weighted by molar-refractivity contribution is 0.0949. The molecule has 4 nitrogen and oxygen atoms in total. The van der Waals surface area contributed by atoms with Gasteiger partial charge in [0, 0.05) is 11.0 Å². The van der Waals surface area contributed by atoms with Crippen LogP contribution >= 0.6 is 15.9 Å². The van der Waals surface area contributed by atoms with Crippen molar-refractivity contribution < 1.29 is 4.79 Å². The van der Waals surface area contributed by atoms with Crippen LogP contribution in [0.4, 0.5) is 0 Å². The summed E-state index contributed by atoms with van der Waals surface area (Å²) in [6.45, 7) is 0.514. The van der Waals surface area contributed by atoms with Gasteiger partial charge in [0.2, 0.25) is 0 Å². The minimum atomic E-state index is -0.269. The molecular formula is C15H12BrN3O. The Balaban J connectivity index is 1.93. The number of hydrogen-bond acceptors (Lipinski definition) is 3. The average molecular weight is 330 g/mol. The molecule has 0 saturated carbocycles. The van der Waals surface area contributed by atoms with Gasteiger partial charge in [-0.15, -0.1) is 0 Å². The molecule has 1 N–H and O–H groups in total. The molecule has 0 aliphatic carbocycles. The number of carbonyl (C=O) groups excluding carboxylic acids is 1. The lowest BCUT2D eigenvalue weighted by atomic mass is 10.1. The first kappa shape index (κ1) is 14.2. The molecule has 0 radical (unpaired) electrons. The van der Waals surface area contributed by atoms with Crippen molar-refractivity contribution in [3.63, 3.8) is 0 Å². The van der Waals surface area contributed by atoms with Gasteiger partial charge in [-0.25, -0.2) is 4.98 Å². The Morgan fingerprint density at radius 2 is 2.05 bits per heavy atom. The maximum Gasteiger partial charge on any atom is 0.269 e. The third-order valence-electron chi connectivity index (χ3n) is 2.73. The first-order valence-electron chi connectivity index (χ1n) is 6.09. The van der Waals surface area contributed by atoms with E-state index in [9.17, 15) is 4.79 Å². The van der Waals surface area contributed by atoms with Crippen LogP contribution in [0.15, 0.2) is 46.9 Å². The summed E-state index contributed by atoms with van der Waals surface area (Å²) >= 11 is 3.47. The van der Waals surface area contributed by atoms with Crippen molar-refractivity contribution in [1.82, 2.24) is 10.3 Å². The van der Waals surface area contributed by atoms with Crippen molar-refractivity contribution in [2.24, 2.45) is 0 Å². The summed E-state index contributed by atoms with van der Waals surface area (Å²) in [5.74, 6) is -0.269. The maximum absolute atomic E-state index is 11.9. The van der Waals surface area contributed by atoms with Gasteiger partial charge in [0.25, 0.3) is 5.91 Å². The van der Waals surface area contributed by atoms with Crippen molar-refractivity contribution >= 4 is 21.8 Å². The van der Waals surface area contributed by atoms with Crippen molar-refractivity contribution in [3.05, 3.63) is 63.9 Å². The second-order valence-electron chi connectivity index (χ2n) is 4.12. The predicted octanol–water partition coefficient (Wildman–Crippen LogP) is 2.69. The number of carbonyl (C=O) groups is 1. The second-order valence-corrected chi connectivity index (χ2v) is 4.97. The molecule has 0 atom stereocenters. The molecule has 0 aliphatic heterocycles. The first-order valence-corrected chi connectivity index (χ1v) is 6.89. The standard InChI is InChI=1S/C15H12BrN3O/c16-13-6-2-1-4-11(13)8-9-18-15(20)14-7-3-5-12(10-17)19-14/h1-7H,8-9H2,(H,18,20). The Bertz CT molecular complexity index is 664. The number of halogens is 1. The lowest BCUT2D eigenvalue weighted by Gasteiger charge is -2.06. The summed E-state index contributed by atoms with van der Waals surface area (Å²) in [7, 11) is 0. The number of benzene rings is 1. The highest BCUT2D eigenvalue weighted by Crippen LogP contribution is 2.15. The molecule has 1 aromatic carbocycles. The third kappa shape index (κ3) is 3.65. The zero-order valence-corrected chi connectivity index (χ0v) is 12.2. The van der Waals surface area contributed by atoms with Crippen LogP contribution in [0.25, 0.3) is 0 Å². The number of aromatic nitrogens is 1. The molecule has 2 rings (SSSR count). The van der Waals surface area contributed by atoms with Gasteiger partial charge in [-0.1, -0.05) is 40.2 Å². The fourth-order valence-corrected chi connectivity index (χ4v) is 2.21. The predicted molar refractivity (Wildman–Crippen MR) is 79.1 cm³/mol. The van der Waals surface area contributed by atoms with Crippen molar-refractivity contribution in [3.8, 4) is 6.07 Å². The summed E-state index contributed by atoms with van der Waals surface area (Å²) < 4.78 is 1.03. The zero-order chi connectivity index (χ0) is 14.4. The average Bonchev–Trinajstić information content (AvgIpc) is 2.49. The molecule has 1 amide bonds. The van der Waals surface area contributed by atoms with Crippen LogP contribution in [-0.2, 0) is 6.42 Å². The van der Waals surface area contributed by atoms with Crippen LogP contribution in [0, 0.1) is 11.3 Å². The molecule has 100 valence electrons. The van der Waals surface area contributed by atoms with Gasteiger partial charge in [0.05, 0.1) is 0 Å². The molecule has 0 unspecified atom stereocenters. The Hall–Kier alpha value is -2.19. The number of rotatable bonds is 4. The number of pyridine rings is 1. The molecule has 1 aromatic heterocycles. The molecule has 0 saturated heterocycles. The molecule has 0 fully saturated rings. The van der Waals surface area contributed by atoms with Gasteiger partial charge in [0.1, 0.15) is 17.5 Å². The topological polar surface area (TPSA) is 65.8 Å². The monoisotopic (exact) mass is 329 g/mol. The Kier molecular flexibility index (Phi) is 4.85. The van der Waals surface area contributed by atoms with E-state index in [1.807, 2.05) is 30.3 Å². The summed E-state index contributed by atoms with van der Waals surface area (Å²) in [6.07, 6.45) is 0.727. The van der Waals surface area contributed by atoms with Crippen LogP contribution in [-0.4, -0.2) is 17.4 Å². The van der Waals surface area contributed by atoms with E-state index >= 15 is 0 Å². The van der Waals surface area contributed by atoms with Gasteiger partial charge < -0.3 is 5.32 Å². The van der Waals surface area contributed by atoms with Gasteiger partial charge in [-0.3, -0.25) is 4.79 Å². The summed E-state index contributed by atoms with van der Waals surface area (Å²) in [6, 6.07) is 14.6.